The van der Waals surface area contributed by atoms with E-state index in [0.29, 0.717) is 6.42 Å². The number of ether oxygens (including phenoxy) is 1. The van der Waals surface area contributed by atoms with Crippen LogP contribution >= 0.6 is 7.82 Å². The Bertz CT molecular complexity index is 1240. The van der Waals surface area contributed by atoms with Crippen LogP contribution in [0.4, 0.5) is 0 Å². The van der Waals surface area contributed by atoms with E-state index < -0.39 is 26.5 Å². The van der Waals surface area contributed by atoms with Gasteiger partial charge >= 0.3 is 13.8 Å². The van der Waals surface area contributed by atoms with Crippen LogP contribution in [0.2, 0.25) is 0 Å². The molecular formula is C49H84NO8P. The monoisotopic (exact) mass is 846 g/mol. The zero-order chi connectivity index (χ0) is 43.2. The topological polar surface area (TPSA) is 131 Å². The number of aliphatic hydroxyl groups is 1. The first kappa shape index (κ1) is 56.2. The smallest absolute Gasteiger partial charge is 0.463 e. The molecule has 0 spiro atoms. The lowest BCUT2D eigenvalue weighted by atomic mass is 10.1. The minimum absolute atomic E-state index is 0.0615. The highest BCUT2D eigenvalue weighted by Gasteiger charge is 2.23. The SMILES string of the molecule is CC/C=C\C/C=C\C/C=C\C/C=C\C/C=C\C/C=C\CCCCCCC(=O)NCCOP(=O)(O)OCC(O)COC(=O)CCCCCCC/C=C\CCCCCCCC. The summed E-state index contributed by atoms with van der Waals surface area (Å²) in [6.07, 6.45) is 56.6. The van der Waals surface area contributed by atoms with Crippen molar-refractivity contribution < 1.29 is 37.9 Å². The molecule has 2 unspecified atom stereocenters. The van der Waals surface area contributed by atoms with E-state index in [9.17, 15) is 24.2 Å². The largest absolute Gasteiger partial charge is 0.472 e. The van der Waals surface area contributed by atoms with Crippen molar-refractivity contribution in [1.29, 1.82) is 0 Å². The van der Waals surface area contributed by atoms with Crippen LogP contribution in [0.25, 0.3) is 0 Å². The predicted octanol–water partition coefficient (Wildman–Crippen LogP) is 13.2. The van der Waals surface area contributed by atoms with Gasteiger partial charge in [-0.25, -0.2) is 4.57 Å². The second kappa shape index (κ2) is 44.7. The minimum Gasteiger partial charge on any atom is -0.463 e. The normalized spacial score (nSPS) is 14.0. The fraction of sp³-hybridized carbons (Fsp3) is 0.673. The van der Waals surface area contributed by atoms with Crippen LogP contribution in [-0.2, 0) is 27.9 Å². The number of hydrogen-bond donors (Lipinski definition) is 3. The van der Waals surface area contributed by atoms with Crippen LogP contribution in [0.3, 0.4) is 0 Å². The summed E-state index contributed by atoms with van der Waals surface area (Å²) in [5.74, 6) is -0.556. The Morgan fingerprint density at radius 3 is 1.47 bits per heavy atom. The first-order valence-corrected chi connectivity index (χ1v) is 24.6. The summed E-state index contributed by atoms with van der Waals surface area (Å²) >= 11 is 0. The van der Waals surface area contributed by atoms with E-state index in [1.807, 2.05) is 0 Å². The minimum atomic E-state index is -4.43. The van der Waals surface area contributed by atoms with Crippen LogP contribution in [0.15, 0.2) is 85.1 Å². The molecule has 0 aromatic heterocycles. The Kier molecular flexibility index (Phi) is 42.6. The first-order chi connectivity index (χ1) is 28.8. The Morgan fingerprint density at radius 2 is 0.966 bits per heavy atom. The van der Waals surface area contributed by atoms with Gasteiger partial charge in [-0.1, -0.05) is 163 Å². The lowest BCUT2D eigenvalue weighted by molar-refractivity contribution is -0.147. The number of unbranched alkanes of at least 4 members (excludes halogenated alkanes) is 15. The number of phosphoric acid groups is 1. The van der Waals surface area contributed by atoms with Crippen molar-refractivity contribution in [2.75, 3.05) is 26.4 Å². The van der Waals surface area contributed by atoms with Gasteiger partial charge in [0.05, 0.1) is 13.2 Å². The van der Waals surface area contributed by atoms with Crippen molar-refractivity contribution in [3.05, 3.63) is 85.1 Å². The molecule has 0 aliphatic carbocycles. The Labute approximate surface area is 360 Å². The molecule has 0 aliphatic rings. The third kappa shape index (κ3) is 46.1. The molecule has 0 bridgehead atoms. The highest BCUT2D eigenvalue weighted by molar-refractivity contribution is 7.47. The summed E-state index contributed by atoms with van der Waals surface area (Å²) in [5, 5.41) is 12.7. The fourth-order valence-corrected chi connectivity index (χ4v) is 6.60. The number of carbonyl (C=O) groups is 2. The van der Waals surface area contributed by atoms with Crippen LogP contribution in [0.1, 0.15) is 181 Å². The van der Waals surface area contributed by atoms with Crippen molar-refractivity contribution in [2.45, 2.75) is 187 Å². The number of rotatable bonds is 42. The molecule has 59 heavy (non-hydrogen) atoms. The van der Waals surface area contributed by atoms with E-state index in [1.165, 1.54) is 44.9 Å². The van der Waals surface area contributed by atoms with Gasteiger partial charge in [0.25, 0.3) is 0 Å². The third-order valence-corrected chi connectivity index (χ3v) is 10.3. The van der Waals surface area contributed by atoms with Gasteiger partial charge in [0.15, 0.2) is 0 Å². The summed E-state index contributed by atoms with van der Waals surface area (Å²) in [6.45, 7) is 3.38. The van der Waals surface area contributed by atoms with Crippen LogP contribution in [-0.4, -0.2) is 54.3 Å². The molecule has 0 fully saturated rings. The molecule has 1 amide bonds. The van der Waals surface area contributed by atoms with Gasteiger partial charge in [-0.2, -0.15) is 0 Å². The molecule has 0 heterocycles. The third-order valence-electron chi connectivity index (χ3n) is 9.31. The van der Waals surface area contributed by atoms with E-state index in [4.69, 9.17) is 13.8 Å². The Morgan fingerprint density at radius 1 is 0.542 bits per heavy atom. The second-order valence-corrected chi connectivity index (χ2v) is 16.4. The Balaban J connectivity index is 3.68. The molecule has 0 aromatic carbocycles. The summed E-state index contributed by atoms with van der Waals surface area (Å²) < 4.78 is 26.9. The zero-order valence-electron chi connectivity index (χ0n) is 37.2. The molecule has 3 N–H and O–H groups in total. The van der Waals surface area contributed by atoms with E-state index >= 15 is 0 Å². The van der Waals surface area contributed by atoms with Gasteiger partial charge < -0.3 is 20.1 Å². The molecule has 0 rings (SSSR count). The van der Waals surface area contributed by atoms with Gasteiger partial charge in [-0.3, -0.25) is 18.6 Å². The number of carbonyl (C=O) groups excluding carboxylic acids is 2. The standard InChI is InChI=1S/C49H84NO8P/c1-3-5-7-9-11-13-15-17-19-20-21-22-23-24-25-26-28-29-31-33-35-37-39-41-48(52)50-43-44-57-59(54,55)58-46-47(51)45-56-49(53)42-40-38-36-34-32-30-27-18-16-14-12-10-8-6-4-2/h5,7,11,13,17-19,21-22,24-25,27-29,47,51H,3-4,6,8-10,12,14-16,20,23,26,30-46H2,1-2H3,(H,50,52)(H,54,55)/b7-5-,13-11-,19-17-,22-21-,25-24-,27-18-,29-28-. The second-order valence-electron chi connectivity index (χ2n) is 15.0. The number of allylic oxidation sites excluding steroid dienone is 14. The lowest BCUT2D eigenvalue weighted by Crippen LogP contribution is -2.27. The van der Waals surface area contributed by atoms with Crippen LogP contribution in [0, 0.1) is 0 Å². The van der Waals surface area contributed by atoms with Crippen LogP contribution < -0.4 is 5.32 Å². The van der Waals surface area contributed by atoms with E-state index in [-0.39, 0.29) is 32.1 Å². The maximum absolute atomic E-state index is 12.1. The van der Waals surface area contributed by atoms with Crippen molar-refractivity contribution >= 4 is 19.7 Å². The number of nitrogens with one attached hydrogen (secondary N) is 1. The number of phosphoric ester groups is 1. The van der Waals surface area contributed by atoms with E-state index in [1.54, 1.807) is 0 Å². The molecule has 2 atom stereocenters. The van der Waals surface area contributed by atoms with Gasteiger partial charge in [0.1, 0.15) is 12.7 Å². The zero-order valence-corrected chi connectivity index (χ0v) is 38.1. The summed E-state index contributed by atoms with van der Waals surface area (Å²) in [5.41, 5.74) is 0. The van der Waals surface area contributed by atoms with Gasteiger partial charge in [0.2, 0.25) is 5.91 Å². The van der Waals surface area contributed by atoms with E-state index in [2.05, 4.69) is 104 Å². The number of amides is 1. The molecule has 9 nitrogen and oxygen atoms in total. The molecule has 338 valence electrons. The van der Waals surface area contributed by atoms with Crippen molar-refractivity contribution in [2.24, 2.45) is 0 Å². The molecule has 0 radical (unpaired) electrons. The number of esters is 1. The predicted molar refractivity (Wildman–Crippen MR) is 247 cm³/mol. The molecular weight excluding hydrogens is 762 g/mol. The highest BCUT2D eigenvalue weighted by Crippen LogP contribution is 2.42. The summed E-state index contributed by atoms with van der Waals surface area (Å²) in [6, 6.07) is 0. The Hall–Kier alpha value is -2.81. The fourth-order valence-electron chi connectivity index (χ4n) is 5.85. The molecule has 0 aliphatic heterocycles. The van der Waals surface area contributed by atoms with Gasteiger partial charge in [0, 0.05) is 19.4 Å². The van der Waals surface area contributed by atoms with Crippen molar-refractivity contribution in [3.63, 3.8) is 0 Å². The van der Waals surface area contributed by atoms with Crippen molar-refractivity contribution in [1.82, 2.24) is 5.32 Å². The number of hydrogen-bond acceptors (Lipinski definition) is 7. The number of aliphatic hydroxyl groups excluding tert-OH is 1. The average Bonchev–Trinajstić information content (AvgIpc) is 3.22. The molecule has 0 saturated heterocycles. The maximum atomic E-state index is 12.1. The average molecular weight is 846 g/mol. The van der Waals surface area contributed by atoms with Gasteiger partial charge in [-0.05, 0) is 89.9 Å². The quantitative estimate of drug-likeness (QED) is 0.0240. The van der Waals surface area contributed by atoms with Crippen molar-refractivity contribution in [3.8, 4) is 0 Å². The summed E-state index contributed by atoms with van der Waals surface area (Å²) in [4.78, 5) is 34.0. The van der Waals surface area contributed by atoms with Gasteiger partial charge in [-0.15, -0.1) is 0 Å². The summed E-state index contributed by atoms with van der Waals surface area (Å²) in [7, 11) is -4.43. The molecule has 10 heteroatoms. The highest BCUT2D eigenvalue weighted by atomic mass is 31.2. The van der Waals surface area contributed by atoms with E-state index in [0.717, 1.165) is 109 Å². The lowest BCUT2D eigenvalue weighted by Gasteiger charge is -2.15. The first-order valence-electron chi connectivity index (χ1n) is 23.1. The molecule has 0 aromatic rings. The maximum Gasteiger partial charge on any atom is 0.472 e. The van der Waals surface area contributed by atoms with Crippen LogP contribution in [0.5, 0.6) is 0 Å². The molecule has 0 saturated carbocycles.